The predicted molar refractivity (Wildman–Crippen MR) is 91.5 cm³/mol. The number of rotatable bonds is 5. The third-order valence-electron chi connectivity index (χ3n) is 4.57. The minimum absolute atomic E-state index is 0.0885. The van der Waals surface area contributed by atoms with Crippen LogP contribution in [0.15, 0.2) is 24.3 Å². The van der Waals surface area contributed by atoms with E-state index in [2.05, 4.69) is 5.32 Å². The van der Waals surface area contributed by atoms with Gasteiger partial charge in [0.25, 0.3) is 0 Å². The van der Waals surface area contributed by atoms with Crippen LogP contribution in [-0.2, 0) is 25.5 Å². The van der Waals surface area contributed by atoms with E-state index in [1.54, 1.807) is 0 Å². The van der Waals surface area contributed by atoms with Gasteiger partial charge in [-0.15, -0.1) is 0 Å². The summed E-state index contributed by atoms with van der Waals surface area (Å²) in [6, 6.07) is 4.10. The average Bonchev–Trinajstić information content (AvgIpc) is 2.54. The molecule has 0 radical (unpaired) electrons. The van der Waals surface area contributed by atoms with E-state index < -0.39 is 32.2 Å². The van der Waals surface area contributed by atoms with Crippen LogP contribution >= 0.6 is 0 Å². The second-order valence-corrected chi connectivity index (χ2v) is 9.46. The zero-order valence-corrected chi connectivity index (χ0v) is 15.4. The maximum Gasteiger partial charge on any atom is 0.416 e. The van der Waals surface area contributed by atoms with Gasteiger partial charge in [0.2, 0.25) is 5.91 Å². The number of sulfone groups is 1. The molecule has 0 bridgehead atoms. The van der Waals surface area contributed by atoms with Crippen molar-refractivity contribution in [3.05, 3.63) is 29.8 Å². The van der Waals surface area contributed by atoms with Crippen molar-refractivity contribution in [3.8, 4) is 0 Å². The molecule has 0 aromatic heterocycles. The van der Waals surface area contributed by atoms with Crippen molar-refractivity contribution in [2.45, 2.75) is 37.6 Å². The van der Waals surface area contributed by atoms with Crippen LogP contribution in [0, 0.1) is 5.92 Å². The number of halogens is 3. The summed E-state index contributed by atoms with van der Waals surface area (Å²) in [7, 11) is -3.81. The standard InChI is InChI=1S/C17H22F3NO4S/c1-16(2,26(23,24)11-12-6-8-25-9-7-12)15(22)21-14-5-3-4-13(10-14)17(18,19)20/h3-5,10,12H,6-9,11H2,1-2H3,(H,21,22). The van der Waals surface area contributed by atoms with E-state index >= 15 is 0 Å². The number of ether oxygens (including phenoxy) is 1. The molecular formula is C17H22F3NO4S. The molecule has 2 rings (SSSR count). The van der Waals surface area contributed by atoms with Gasteiger partial charge in [0.05, 0.1) is 11.3 Å². The molecule has 1 aromatic carbocycles. The van der Waals surface area contributed by atoms with Crippen LogP contribution in [0.1, 0.15) is 32.3 Å². The SMILES string of the molecule is CC(C)(C(=O)Nc1cccc(C(F)(F)F)c1)S(=O)(=O)CC1CCOCC1. The maximum atomic E-state index is 12.8. The number of carbonyl (C=O) groups is 1. The number of benzene rings is 1. The van der Waals surface area contributed by atoms with Crippen LogP contribution in [-0.4, -0.2) is 38.0 Å². The normalized spacial score (nSPS) is 17.1. The Morgan fingerprint density at radius 3 is 2.42 bits per heavy atom. The molecule has 0 unspecified atom stereocenters. The van der Waals surface area contributed by atoms with Crippen LogP contribution in [0.25, 0.3) is 0 Å². The first kappa shape index (κ1) is 20.7. The Hall–Kier alpha value is -1.61. The lowest BCUT2D eigenvalue weighted by molar-refractivity contribution is -0.137. The summed E-state index contributed by atoms with van der Waals surface area (Å²) in [5.41, 5.74) is -1.02. The van der Waals surface area contributed by atoms with Gasteiger partial charge < -0.3 is 10.1 Å². The summed E-state index contributed by atoms with van der Waals surface area (Å²) in [5, 5.41) is 2.30. The topological polar surface area (TPSA) is 72.5 Å². The van der Waals surface area contributed by atoms with Gasteiger partial charge in [0, 0.05) is 18.9 Å². The molecule has 9 heteroatoms. The summed E-state index contributed by atoms with van der Waals surface area (Å²) in [6.07, 6.45) is -3.35. The molecule has 1 aliphatic rings. The van der Waals surface area contributed by atoms with E-state index in [0.717, 1.165) is 18.2 Å². The van der Waals surface area contributed by atoms with E-state index in [0.29, 0.717) is 26.1 Å². The van der Waals surface area contributed by atoms with Gasteiger partial charge in [0.15, 0.2) is 9.84 Å². The van der Waals surface area contributed by atoms with Crippen LogP contribution in [0.3, 0.4) is 0 Å². The molecule has 0 atom stereocenters. The minimum Gasteiger partial charge on any atom is -0.381 e. The molecule has 0 aliphatic carbocycles. The third kappa shape index (κ3) is 4.76. The molecule has 0 saturated carbocycles. The van der Waals surface area contributed by atoms with Gasteiger partial charge in [-0.3, -0.25) is 4.79 Å². The van der Waals surface area contributed by atoms with Gasteiger partial charge in [-0.25, -0.2) is 8.42 Å². The fraction of sp³-hybridized carbons (Fsp3) is 0.588. The van der Waals surface area contributed by atoms with Crippen LogP contribution in [0.5, 0.6) is 0 Å². The van der Waals surface area contributed by atoms with Crippen molar-refractivity contribution in [3.63, 3.8) is 0 Å². The number of anilines is 1. The van der Waals surface area contributed by atoms with Gasteiger partial charge in [0.1, 0.15) is 4.75 Å². The van der Waals surface area contributed by atoms with Gasteiger partial charge in [-0.05, 0) is 50.8 Å². The summed E-state index contributed by atoms with van der Waals surface area (Å²) < 4.78 is 67.1. The van der Waals surface area contributed by atoms with Crippen molar-refractivity contribution in [1.82, 2.24) is 0 Å². The first-order chi connectivity index (χ1) is 11.9. The Morgan fingerprint density at radius 1 is 1.23 bits per heavy atom. The van der Waals surface area contributed by atoms with E-state index in [9.17, 15) is 26.4 Å². The molecule has 1 saturated heterocycles. The molecule has 1 N–H and O–H groups in total. The van der Waals surface area contributed by atoms with E-state index in [1.165, 1.54) is 19.9 Å². The lowest BCUT2D eigenvalue weighted by Gasteiger charge is -2.28. The highest BCUT2D eigenvalue weighted by molar-refractivity contribution is 7.93. The second-order valence-electron chi connectivity index (χ2n) is 6.88. The van der Waals surface area contributed by atoms with Gasteiger partial charge in [-0.2, -0.15) is 13.2 Å². The van der Waals surface area contributed by atoms with Crippen molar-refractivity contribution in [2.75, 3.05) is 24.3 Å². The monoisotopic (exact) mass is 393 g/mol. The highest BCUT2D eigenvalue weighted by Gasteiger charge is 2.43. The number of hydrogen-bond donors (Lipinski definition) is 1. The Bertz CT molecular complexity index is 754. The molecule has 1 aliphatic heterocycles. The zero-order chi connectivity index (χ0) is 19.6. The fourth-order valence-corrected chi connectivity index (χ4v) is 4.33. The Kier molecular flexibility index (Phi) is 6.02. The van der Waals surface area contributed by atoms with Crippen LogP contribution in [0.2, 0.25) is 0 Å². The number of nitrogens with one attached hydrogen (secondary N) is 1. The van der Waals surface area contributed by atoms with E-state index in [-0.39, 0.29) is 17.4 Å². The van der Waals surface area contributed by atoms with E-state index in [4.69, 9.17) is 4.74 Å². The Balaban J connectivity index is 2.14. The lowest BCUT2D eigenvalue weighted by Crippen LogP contribution is -2.47. The smallest absolute Gasteiger partial charge is 0.381 e. The molecule has 26 heavy (non-hydrogen) atoms. The van der Waals surface area contributed by atoms with Crippen LogP contribution in [0.4, 0.5) is 18.9 Å². The van der Waals surface area contributed by atoms with E-state index in [1.807, 2.05) is 0 Å². The largest absolute Gasteiger partial charge is 0.416 e. The summed E-state index contributed by atoms with van der Waals surface area (Å²) in [6.45, 7) is 3.50. The predicted octanol–water partition coefficient (Wildman–Crippen LogP) is 3.26. The average molecular weight is 393 g/mol. The van der Waals surface area contributed by atoms with Gasteiger partial charge in [-0.1, -0.05) is 6.07 Å². The van der Waals surface area contributed by atoms with Crippen LogP contribution < -0.4 is 5.32 Å². The zero-order valence-electron chi connectivity index (χ0n) is 14.6. The van der Waals surface area contributed by atoms with Crippen molar-refractivity contribution < 1.29 is 31.1 Å². The summed E-state index contributed by atoms with van der Waals surface area (Å²) in [4.78, 5) is 12.5. The molecule has 1 fully saturated rings. The fourth-order valence-electron chi connectivity index (χ4n) is 2.63. The minimum atomic E-state index is -4.55. The van der Waals surface area contributed by atoms with Crippen molar-refractivity contribution in [1.29, 1.82) is 0 Å². The summed E-state index contributed by atoms with van der Waals surface area (Å²) >= 11 is 0. The second kappa shape index (κ2) is 7.56. The Labute approximate surface area is 150 Å². The molecule has 5 nitrogen and oxygen atoms in total. The molecule has 0 spiro atoms. The van der Waals surface area contributed by atoms with Crippen molar-refractivity contribution >= 4 is 21.4 Å². The number of alkyl halides is 3. The first-order valence-corrected chi connectivity index (χ1v) is 9.87. The van der Waals surface area contributed by atoms with Crippen molar-refractivity contribution in [2.24, 2.45) is 5.92 Å². The number of hydrogen-bond acceptors (Lipinski definition) is 4. The molecular weight excluding hydrogens is 371 g/mol. The summed E-state index contributed by atoms with van der Waals surface area (Å²) in [5.74, 6) is -1.10. The Morgan fingerprint density at radius 2 is 1.85 bits per heavy atom. The lowest BCUT2D eigenvalue weighted by atomic mass is 10.0. The number of carbonyl (C=O) groups excluding carboxylic acids is 1. The first-order valence-electron chi connectivity index (χ1n) is 8.22. The molecule has 1 aromatic rings. The molecule has 1 heterocycles. The number of amides is 1. The maximum absolute atomic E-state index is 12.8. The quantitative estimate of drug-likeness (QED) is 0.833. The molecule has 1 amide bonds. The third-order valence-corrected chi connectivity index (χ3v) is 7.22. The highest BCUT2D eigenvalue weighted by Crippen LogP contribution is 2.31. The van der Waals surface area contributed by atoms with Gasteiger partial charge >= 0.3 is 6.18 Å². The highest BCUT2D eigenvalue weighted by atomic mass is 32.2. The molecule has 146 valence electrons.